The summed E-state index contributed by atoms with van der Waals surface area (Å²) in [6.07, 6.45) is 0.469. The van der Waals surface area contributed by atoms with Crippen molar-refractivity contribution in [2.75, 3.05) is 38.0 Å². The van der Waals surface area contributed by atoms with Crippen LogP contribution in [-0.4, -0.2) is 64.0 Å². The normalized spacial score (nSPS) is 23.8. The third-order valence-electron chi connectivity index (χ3n) is 6.75. The van der Waals surface area contributed by atoms with E-state index >= 15 is 0 Å². The van der Waals surface area contributed by atoms with E-state index in [1.807, 2.05) is 86.5 Å². The average Bonchev–Trinajstić information content (AvgIpc) is 3.39. The second-order valence-corrected chi connectivity index (χ2v) is 10.6. The monoisotopic (exact) mass is 511 g/mol. The van der Waals surface area contributed by atoms with Crippen LogP contribution in [0.3, 0.4) is 0 Å². The Morgan fingerprint density at radius 1 is 0.939 bits per heavy atom. The van der Waals surface area contributed by atoms with Gasteiger partial charge in [-0.3, -0.25) is 0 Å². The van der Waals surface area contributed by atoms with Crippen LogP contribution >= 0.6 is 0 Å². The number of amides is 1. The van der Waals surface area contributed by atoms with Crippen molar-refractivity contribution in [2.45, 2.75) is 18.3 Å². The van der Waals surface area contributed by atoms with Gasteiger partial charge in [-0.25, -0.2) is 0 Å². The second-order valence-electron chi connectivity index (χ2n) is 8.94. The Hall–Kier alpha value is -3.16. The van der Waals surface area contributed by atoms with E-state index in [1.165, 1.54) is 0 Å². The molecule has 1 saturated heterocycles. The molecule has 8 nitrogen and oxygen atoms in total. The molecule has 0 radical (unpaired) electrons. The number of anilines is 2. The molecule has 1 fully saturated rings. The Morgan fingerprint density at radius 2 is 1.52 bits per heavy atom. The van der Waals surface area contributed by atoms with Gasteiger partial charge in [-0.2, -0.15) is 0 Å². The molecule has 5 rings (SSSR count). The molecule has 170 valence electrons. The fraction of sp³-hybridized carbons (Fsp3) is 0.333. The summed E-state index contributed by atoms with van der Waals surface area (Å²) in [5.41, 5.74) is 5.75. The zero-order valence-corrected chi connectivity index (χ0v) is 20.6. The maximum absolute atomic E-state index is 13.5. The van der Waals surface area contributed by atoms with E-state index in [4.69, 9.17) is 4.84 Å². The van der Waals surface area contributed by atoms with Gasteiger partial charge in [0.05, 0.1) is 0 Å². The van der Waals surface area contributed by atoms with E-state index in [0.29, 0.717) is 6.42 Å². The average molecular weight is 510 g/mol. The number of carbonyl (C=O) groups excluding carboxylic acids is 2. The van der Waals surface area contributed by atoms with Crippen LogP contribution in [0, 0.1) is 5.41 Å². The number of rotatable bonds is 4. The third-order valence-corrected chi connectivity index (χ3v) is 8.50. The molecule has 1 spiro atoms. The van der Waals surface area contributed by atoms with E-state index in [-0.39, 0.29) is 14.7 Å². The SMILES string of the molecule is CN(C)c1ccc(C2Cc3nn[se]c3C(c3ccc(N(C)C)cc3)C23C(=O)NOC3=O)cc1. The zero-order chi connectivity index (χ0) is 23.3. The summed E-state index contributed by atoms with van der Waals surface area (Å²) in [6.45, 7) is 0. The third kappa shape index (κ3) is 3.26. The quantitative estimate of drug-likeness (QED) is 0.423. The zero-order valence-electron chi connectivity index (χ0n) is 18.9. The van der Waals surface area contributed by atoms with E-state index in [1.54, 1.807) is 0 Å². The second kappa shape index (κ2) is 8.01. The molecule has 1 amide bonds. The van der Waals surface area contributed by atoms with Gasteiger partial charge in [0.2, 0.25) is 0 Å². The number of aromatic nitrogens is 2. The number of hydroxylamine groups is 1. The minimum atomic E-state index is -1.41. The van der Waals surface area contributed by atoms with Gasteiger partial charge < -0.3 is 0 Å². The molecule has 1 aliphatic carbocycles. The summed E-state index contributed by atoms with van der Waals surface area (Å²) in [5.74, 6) is -1.84. The molecule has 2 heterocycles. The summed E-state index contributed by atoms with van der Waals surface area (Å²) in [7, 11) is 7.91. The summed E-state index contributed by atoms with van der Waals surface area (Å²) < 4.78 is 5.32. The Labute approximate surface area is 198 Å². The van der Waals surface area contributed by atoms with Gasteiger partial charge in [0, 0.05) is 0 Å². The first kappa shape index (κ1) is 21.7. The number of hydrogen-bond donors (Lipinski definition) is 1. The van der Waals surface area contributed by atoms with Crippen molar-refractivity contribution in [1.29, 1.82) is 0 Å². The van der Waals surface area contributed by atoms with Crippen LogP contribution < -0.4 is 15.3 Å². The van der Waals surface area contributed by atoms with E-state index < -0.39 is 29.1 Å². The van der Waals surface area contributed by atoms with E-state index in [9.17, 15) is 9.59 Å². The molecule has 3 unspecified atom stereocenters. The number of hydrogen-bond acceptors (Lipinski definition) is 7. The number of carbonyl (C=O) groups is 2. The molecule has 0 saturated carbocycles. The topological polar surface area (TPSA) is 87.7 Å². The molecule has 1 aromatic heterocycles. The van der Waals surface area contributed by atoms with Crippen LogP contribution in [0.15, 0.2) is 48.5 Å². The molecule has 1 aliphatic heterocycles. The molecular formula is C24H25N5O3Se. The molecule has 1 N–H and O–H groups in total. The molecule has 2 aromatic carbocycles. The summed E-state index contributed by atoms with van der Waals surface area (Å²) in [6, 6.07) is 16.0. The van der Waals surface area contributed by atoms with Gasteiger partial charge in [-0.15, -0.1) is 0 Å². The predicted octanol–water partition coefficient (Wildman–Crippen LogP) is 1.71. The van der Waals surface area contributed by atoms with E-state index in [0.717, 1.165) is 32.6 Å². The van der Waals surface area contributed by atoms with Crippen molar-refractivity contribution in [1.82, 2.24) is 14.7 Å². The van der Waals surface area contributed by atoms with E-state index in [2.05, 4.69) is 14.7 Å². The van der Waals surface area contributed by atoms with Crippen molar-refractivity contribution in [2.24, 2.45) is 5.41 Å². The maximum atomic E-state index is 13.5. The van der Waals surface area contributed by atoms with Gasteiger partial charge in [0.1, 0.15) is 0 Å². The fourth-order valence-electron chi connectivity index (χ4n) is 5.01. The number of fused-ring (bicyclic) bond motifs is 1. The van der Waals surface area contributed by atoms with Gasteiger partial charge in [-0.05, 0) is 0 Å². The Kier molecular flexibility index (Phi) is 5.26. The number of benzene rings is 2. The molecule has 9 heteroatoms. The first-order chi connectivity index (χ1) is 15.8. The summed E-state index contributed by atoms with van der Waals surface area (Å²) in [5, 5.41) is 4.44. The first-order valence-electron chi connectivity index (χ1n) is 10.7. The van der Waals surface area contributed by atoms with Crippen LogP contribution in [0.5, 0.6) is 0 Å². The molecule has 2 aliphatic rings. The number of nitrogens with one attached hydrogen (secondary N) is 1. The van der Waals surface area contributed by atoms with Gasteiger partial charge >= 0.3 is 199 Å². The van der Waals surface area contributed by atoms with Crippen LogP contribution in [0.25, 0.3) is 0 Å². The summed E-state index contributed by atoms with van der Waals surface area (Å²) in [4.78, 5) is 36.2. The minimum absolute atomic E-state index is 0.268. The van der Waals surface area contributed by atoms with Crippen molar-refractivity contribution in [3.05, 3.63) is 69.8 Å². The molecular weight excluding hydrogens is 485 g/mol. The van der Waals surface area contributed by atoms with Gasteiger partial charge in [-0.1, -0.05) is 0 Å². The van der Waals surface area contributed by atoms with Crippen LogP contribution in [-0.2, 0) is 20.8 Å². The van der Waals surface area contributed by atoms with Gasteiger partial charge in [0.15, 0.2) is 0 Å². The van der Waals surface area contributed by atoms with Crippen LogP contribution in [0.4, 0.5) is 11.4 Å². The Balaban J connectivity index is 1.71. The fourth-order valence-corrected chi connectivity index (χ4v) is 6.86. The first-order valence-corrected chi connectivity index (χ1v) is 12.3. The Morgan fingerprint density at radius 3 is 2.03 bits per heavy atom. The Bertz CT molecular complexity index is 1190. The van der Waals surface area contributed by atoms with Crippen molar-refractivity contribution in [3.8, 4) is 0 Å². The molecule has 33 heavy (non-hydrogen) atoms. The van der Waals surface area contributed by atoms with Gasteiger partial charge in [0.25, 0.3) is 0 Å². The number of nitrogens with zero attached hydrogens (tertiary/aromatic N) is 4. The standard InChI is InChI=1S/C24H25N5O3Se/c1-28(2)16-9-5-14(6-10-16)18-13-19-21(33-27-25-19)20(24(18)22(30)26-32-23(24)31)15-7-11-17(12-8-15)29(3)4/h5-12,18,20H,13H2,1-4H3,(H,26,30). The van der Waals surface area contributed by atoms with Crippen LogP contribution in [0.1, 0.15) is 33.1 Å². The molecule has 0 bridgehead atoms. The molecule has 3 aromatic rings. The van der Waals surface area contributed by atoms with Crippen LogP contribution in [0.2, 0.25) is 0 Å². The van der Waals surface area contributed by atoms with Crippen molar-refractivity contribution >= 4 is 38.0 Å². The van der Waals surface area contributed by atoms with Crippen molar-refractivity contribution < 1.29 is 14.4 Å². The molecule has 3 atom stereocenters. The van der Waals surface area contributed by atoms with Crippen molar-refractivity contribution in [3.63, 3.8) is 0 Å². The predicted molar refractivity (Wildman–Crippen MR) is 125 cm³/mol. The summed E-state index contributed by atoms with van der Waals surface area (Å²) >= 11 is -0.268.